The van der Waals surface area contributed by atoms with E-state index in [1.54, 1.807) is 12.1 Å². The maximum Gasteiger partial charge on any atom is 0.254 e. The topological polar surface area (TPSA) is 43.9 Å². The van der Waals surface area contributed by atoms with E-state index in [2.05, 4.69) is 11.0 Å². The van der Waals surface area contributed by atoms with E-state index in [1.165, 1.54) is 31.4 Å². The quantitative estimate of drug-likeness (QED) is 0.685. The van der Waals surface area contributed by atoms with Crippen LogP contribution in [0.2, 0.25) is 0 Å². The Morgan fingerprint density at radius 1 is 0.909 bits per heavy atom. The van der Waals surface area contributed by atoms with Crippen LogP contribution in [-0.4, -0.2) is 53.3 Å². The molecular weight excluding hydrogens is 417 g/mol. The van der Waals surface area contributed by atoms with Crippen LogP contribution in [0.1, 0.15) is 60.9 Å². The fourth-order valence-electron chi connectivity index (χ4n) is 5.74. The van der Waals surface area contributed by atoms with Crippen LogP contribution in [0.4, 0.5) is 10.1 Å². The van der Waals surface area contributed by atoms with Crippen molar-refractivity contribution in [1.29, 1.82) is 0 Å². The van der Waals surface area contributed by atoms with E-state index in [4.69, 9.17) is 0 Å². The first-order valence-electron chi connectivity index (χ1n) is 12.3. The Morgan fingerprint density at radius 2 is 1.70 bits per heavy atom. The molecule has 0 saturated carbocycles. The largest absolute Gasteiger partial charge is 0.372 e. The Hall–Kier alpha value is -2.89. The molecule has 174 valence electrons. The second-order valence-corrected chi connectivity index (χ2v) is 9.56. The number of hydrogen-bond donors (Lipinski definition) is 0. The SMILES string of the molecule is O=C1CCC[C@@H]2[C@@H](CCN2C(=O)c2cccc(N3CCCCC3)c2)N1Cc1ccc(F)cc1. The van der Waals surface area contributed by atoms with Gasteiger partial charge in [-0.05, 0) is 74.4 Å². The number of fused-ring (bicyclic) bond motifs is 1. The molecule has 33 heavy (non-hydrogen) atoms. The van der Waals surface area contributed by atoms with Crippen LogP contribution in [0.15, 0.2) is 48.5 Å². The van der Waals surface area contributed by atoms with Crippen molar-refractivity contribution in [2.45, 2.75) is 63.6 Å². The van der Waals surface area contributed by atoms with Gasteiger partial charge in [0.25, 0.3) is 5.91 Å². The third-order valence-corrected chi connectivity index (χ3v) is 7.46. The van der Waals surface area contributed by atoms with E-state index in [1.807, 2.05) is 28.0 Å². The molecule has 0 aliphatic carbocycles. The van der Waals surface area contributed by atoms with Gasteiger partial charge in [-0.2, -0.15) is 0 Å². The number of likely N-dealkylation sites (tertiary alicyclic amines) is 2. The molecule has 2 amide bonds. The van der Waals surface area contributed by atoms with Gasteiger partial charge in [0, 0.05) is 43.9 Å². The van der Waals surface area contributed by atoms with Crippen LogP contribution >= 0.6 is 0 Å². The molecule has 2 aromatic rings. The zero-order valence-corrected chi connectivity index (χ0v) is 19.1. The molecule has 0 bridgehead atoms. The molecule has 0 spiro atoms. The first-order valence-corrected chi connectivity index (χ1v) is 12.3. The summed E-state index contributed by atoms with van der Waals surface area (Å²) in [5.74, 6) is -0.0751. The Kier molecular flexibility index (Phi) is 6.34. The van der Waals surface area contributed by atoms with Crippen molar-refractivity contribution in [1.82, 2.24) is 9.80 Å². The van der Waals surface area contributed by atoms with Gasteiger partial charge < -0.3 is 14.7 Å². The maximum absolute atomic E-state index is 13.6. The number of anilines is 1. The summed E-state index contributed by atoms with van der Waals surface area (Å²) < 4.78 is 13.3. The highest BCUT2D eigenvalue weighted by Gasteiger charge is 2.43. The summed E-state index contributed by atoms with van der Waals surface area (Å²) in [7, 11) is 0. The number of carbonyl (C=O) groups excluding carboxylic acids is 2. The number of hydrogen-bond acceptors (Lipinski definition) is 3. The number of amides is 2. The predicted octanol–water partition coefficient (Wildman–Crippen LogP) is 4.61. The van der Waals surface area contributed by atoms with Crippen LogP contribution in [0.25, 0.3) is 0 Å². The fourth-order valence-corrected chi connectivity index (χ4v) is 5.74. The first kappa shape index (κ1) is 21.9. The molecule has 3 fully saturated rings. The lowest BCUT2D eigenvalue weighted by Gasteiger charge is -2.33. The third-order valence-electron chi connectivity index (χ3n) is 7.46. The summed E-state index contributed by atoms with van der Waals surface area (Å²) >= 11 is 0. The van der Waals surface area contributed by atoms with Crippen molar-refractivity contribution in [2.75, 3.05) is 24.5 Å². The zero-order chi connectivity index (χ0) is 22.8. The van der Waals surface area contributed by atoms with Crippen LogP contribution < -0.4 is 4.90 Å². The van der Waals surface area contributed by atoms with Gasteiger partial charge >= 0.3 is 0 Å². The maximum atomic E-state index is 13.6. The summed E-state index contributed by atoms with van der Waals surface area (Å²) in [4.78, 5) is 32.8. The van der Waals surface area contributed by atoms with Crippen molar-refractivity contribution in [3.8, 4) is 0 Å². The lowest BCUT2D eigenvalue weighted by molar-refractivity contribution is -0.133. The summed E-state index contributed by atoms with van der Waals surface area (Å²) in [6.45, 7) is 3.22. The molecule has 5 rings (SSSR count). The Labute approximate surface area is 195 Å². The standard InChI is InChI=1S/C27H32FN3O2/c28-22-12-10-20(11-13-22)19-31-25-14-17-30(24(25)8-5-9-26(31)32)27(33)21-6-4-7-23(18-21)29-15-2-1-3-16-29/h4,6-7,10-13,18,24-25H,1-3,5,8-9,14-17,19H2/t24-,25-/m1/s1. The zero-order valence-electron chi connectivity index (χ0n) is 19.1. The van der Waals surface area contributed by atoms with E-state index in [0.717, 1.165) is 49.2 Å². The van der Waals surface area contributed by atoms with Gasteiger partial charge in [-0.15, -0.1) is 0 Å². The van der Waals surface area contributed by atoms with Crippen molar-refractivity contribution in [2.24, 2.45) is 0 Å². The molecule has 0 N–H and O–H groups in total. The van der Waals surface area contributed by atoms with E-state index in [0.29, 0.717) is 19.5 Å². The molecule has 0 radical (unpaired) electrons. The minimum absolute atomic E-state index is 0.0132. The predicted molar refractivity (Wildman–Crippen MR) is 127 cm³/mol. The van der Waals surface area contributed by atoms with Crippen molar-refractivity contribution < 1.29 is 14.0 Å². The minimum Gasteiger partial charge on any atom is -0.372 e. The van der Waals surface area contributed by atoms with Crippen molar-refractivity contribution in [3.05, 3.63) is 65.5 Å². The van der Waals surface area contributed by atoms with Crippen molar-refractivity contribution >= 4 is 17.5 Å². The van der Waals surface area contributed by atoms with Crippen LogP contribution in [0, 0.1) is 5.82 Å². The van der Waals surface area contributed by atoms with Gasteiger partial charge in [-0.3, -0.25) is 9.59 Å². The highest BCUT2D eigenvalue weighted by molar-refractivity contribution is 5.95. The molecule has 3 heterocycles. The molecular formula is C27H32FN3O2. The van der Waals surface area contributed by atoms with Gasteiger partial charge in [0.15, 0.2) is 0 Å². The number of nitrogens with zero attached hydrogens (tertiary/aromatic N) is 3. The first-order chi connectivity index (χ1) is 16.1. The number of carbonyl (C=O) groups is 2. The average molecular weight is 450 g/mol. The molecule has 2 atom stereocenters. The minimum atomic E-state index is -0.275. The van der Waals surface area contributed by atoms with Gasteiger partial charge in [0.2, 0.25) is 5.91 Å². The average Bonchev–Trinajstić information content (AvgIpc) is 3.20. The third kappa shape index (κ3) is 4.61. The normalized spacial score (nSPS) is 23.4. The second-order valence-electron chi connectivity index (χ2n) is 9.56. The fraction of sp³-hybridized carbons (Fsp3) is 0.481. The lowest BCUT2D eigenvalue weighted by Crippen LogP contribution is -2.47. The lowest BCUT2D eigenvalue weighted by atomic mass is 10.0. The highest BCUT2D eigenvalue weighted by Crippen LogP contribution is 2.33. The van der Waals surface area contributed by atoms with Gasteiger partial charge in [0.1, 0.15) is 5.82 Å². The number of rotatable bonds is 4. The number of benzene rings is 2. The molecule has 2 aromatic carbocycles. The van der Waals surface area contributed by atoms with Crippen LogP contribution in [0.5, 0.6) is 0 Å². The van der Waals surface area contributed by atoms with E-state index < -0.39 is 0 Å². The Balaban J connectivity index is 1.34. The smallest absolute Gasteiger partial charge is 0.254 e. The summed E-state index contributed by atoms with van der Waals surface area (Å²) in [5, 5.41) is 0. The molecule has 3 aliphatic rings. The number of piperidine rings is 1. The summed E-state index contributed by atoms with van der Waals surface area (Å²) in [6, 6.07) is 14.5. The summed E-state index contributed by atoms with van der Waals surface area (Å²) in [5.41, 5.74) is 2.79. The number of halogens is 1. The van der Waals surface area contributed by atoms with Gasteiger partial charge in [0.05, 0.1) is 12.1 Å². The summed E-state index contributed by atoms with van der Waals surface area (Å²) in [6.07, 6.45) is 6.60. The molecule has 0 unspecified atom stereocenters. The van der Waals surface area contributed by atoms with E-state index in [-0.39, 0.29) is 29.7 Å². The van der Waals surface area contributed by atoms with Crippen LogP contribution in [0.3, 0.4) is 0 Å². The Bertz CT molecular complexity index is 1000. The van der Waals surface area contributed by atoms with Crippen molar-refractivity contribution in [3.63, 3.8) is 0 Å². The molecule has 6 heteroatoms. The van der Waals surface area contributed by atoms with E-state index in [9.17, 15) is 14.0 Å². The van der Waals surface area contributed by atoms with E-state index >= 15 is 0 Å². The van der Waals surface area contributed by atoms with Crippen LogP contribution in [-0.2, 0) is 11.3 Å². The highest BCUT2D eigenvalue weighted by atomic mass is 19.1. The van der Waals surface area contributed by atoms with Gasteiger partial charge in [-0.1, -0.05) is 18.2 Å². The molecule has 0 aromatic heterocycles. The molecule has 3 aliphatic heterocycles. The second kappa shape index (κ2) is 9.54. The van der Waals surface area contributed by atoms with Gasteiger partial charge in [-0.25, -0.2) is 4.39 Å². The molecule has 3 saturated heterocycles. The molecule has 5 nitrogen and oxygen atoms in total. The Morgan fingerprint density at radius 3 is 2.48 bits per heavy atom. The monoisotopic (exact) mass is 449 g/mol.